The molecular formula is C13H30N2O. The molecule has 0 saturated heterocycles. The first-order chi connectivity index (χ1) is 7.65. The van der Waals surface area contributed by atoms with E-state index >= 15 is 0 Å². The van der Waals surface area contributed by atoms with Crippen molar-refractivity contribution in [3.63, 3.8) is 0 Å². The minimum atomic E-state index is 0.513. The summed E-state index contributed by atoms with van der Waals surface area (Å²) in [6.07, 6.45) is 4.94. The summed E-state index contributed by atoms with van der Waals surface area (Å²) in [5.74, 6) is 0. The molecule has 98 valence electrons. The second-order valence-corrected chi connectivity index (χ2v) is 4.73. The van der Waals surface area contributed by atoms with Gasteiger partial charge in [0.25, 0.3) is 0 Å². The molecule has 0 aliphatic rings. The van der Waals surface area contributed by atoms with E-state index in [9.17, 15) is 0 Å². The van der Waals surface area contributed by atoms with E-state index in [1.165, 1.54) is 25.7 Å². The van der Waals surface area contributed by atoms with Crippen LogP contribution in [0.4, 0.5) is 0 Å². The molecule has 1 N–H and O–H groups in total. The zero-order chi connectivity index (χ0) is 12.4. The molecule has 0 saturated carbocycles. The monoisotopic (exact) mass is 230 g/mol. The van der Waals surface area contributed by atoms with Crippen LogP contribution in [-0.2, 0) is 4.74 Å². The van der Waals surface area contributed by atoms with Crippen LogP contribution >= 0.6 is 0 Å². The van der Waals surface area contributed by atoms with Crippen molar-refractivity contribution < 1.29 is 4.74 Å². The Labute approximate surface area is 102 Å². The van der Waals surface area contributed by atoms with E-state index < -0.39 is 0 Å². The molecule has 0 heterocycles. The van der Waals surface area contributed by atoms with Crippen molar-refractivity contribution in [1.82, 2.24) is 10.2 Å². The van der Waals surface area contributed by atoms with E-state index in [-0.39, 0.29) is 0 Å². The number of ether oxygens (including phenoxy) is 1. The zero-order valence-corrected chi connectivity index (χ0v) is 11.8. The average Bonchev–Trinajstić information content (AvgIpc) is 2.26. The van der Waals surface area contributed by atoms with Crippen molar-refractivity contribution >= 4 is 0 Å². The fraction of sp³-hybridized carbons (Fsp3) is 1.00. The first-order valence-corrected chi connectivity index (χ1v) is 6.54. The van der Waals surface area contributed by atoms with Crippen LogP contribution in [0.2, 0.25) is 0 Å². The van der Waals surface area contributed by atoms with Gasteiger partial charge in [-0.3, -0.25) is 0 Å². The lowest BCUT2D eigenvalue weighted by Gasteiger charge is -2.26. The van der Waals surface area contributed by atoms with Gasteiger partial charge < -0.3 is 15.0 Å². The van der Waals surface area contributed by atoms with Crippen LogP contribution in [0.3, 0.4) is 0 Å². The summed E-state index contributed by atoms with van der Waals surface area (Å²) in [5.41, 5.74) is 0. The van der Waals surface area contributed by atoms with Gasteiger partial charge in [0.2, 0.25) is 0 Å². The van der Waals surface area contributed by atoms with Gasteiger partial charge in [-0.25, -0.2) is 0 Å². The smallest absolute Gasteiger partial charge is 0.0615 e. The fourth-order valence-electron chi connectivity index (χ4n) is 1.89. The van der Waals surface area contributed by atoms with Gasteiger partial charge in [-0.05, 0) is 26.9 Å². The van der Waals surface area contributed by atoms with Crippen LogP contribution in [0.5, 0.6) is 0 Å². The van der Waals surface area contributed by atoms with Crippen molar-refractivity contribution in [1.29, 1.82) is 0 Å². The van der Waals surface area contributed by atoms with Crippen molar-refractivity contribution in [3.05, 3.63) is 0 Å². The lowest BCUT2D eigenvalue weighted by Crippen LogP contribution is -2.43. The SMILES string of the molecule is CCCCC(COC)NCC(CC)N(C)C. The van der Waals surface area contributed by atoms with Crippen LogP contribution in [0.15, 0.2) is 0 Å². The van der Waals surface area contributed by atoms with E-state index in [1.807, 2.05) is 0 Å². The van der Waals surface area contributed by atoms with Gasteiger partial charge in [0, 0.05) is 25.7 Å². The molecule has 2 atom stereocenters. The Balaban J connectivity index is 3.88. The van der Waals surface area contributed by atoms with Crippen molar-refractivity contribution in [2.45, 2.75) is 51.6 Å². The lowest BCUT2D eigenvalue weighted by molar-refractivity contribution is 0.154. The Bertz CT molecular complexity index is 151. The Morgan fingerprint density at radius 1 is 1.25 bits per heavy atom. The third-order valence-corrected chi connectivity index (χ3v) is 3.12. The summed E-state index contributed by atoms with van der Waals surface area (Å²) in [6.45, 7) is 6.35. The highest BCUT2D eigenvalue weighted by Crippen LogP contribution is 2.03. The quantitative estimate of drug-likeness (QED) is 0.622. The van der Waals surface area contributed by atoms with E-state index in [0.29, 0.717) is 12.1 Å². The van der Waals surface area contributed by atoms with E-state index in [1.54, 1.807) is 7.11 Å². The first-order valence-electron chi connectivity index (χ1n) is 6.54. The number of hydrogen-bond acceptors (Lipinski definition) is 3. The van der Waals surface area contributed by atoms with Gasteiger partial charge >= 0.3 is 0 Å². The molecular weight excluding hydrogens is 200 g/mol. The average molecular weight is 230 g/mol. The molecule has 0 aromatic carbocycles. The lowest BCUT2D eigenvalue weighted by atomic mass is 10.1. The third kappa shape index (κ3) is 7.20. The summed E-state index contributed by atoms with van der Waals surface area (Å²) in [7, 11) is 6.07. The molecule has 0 aromatic heterocycles. The van der Waals surface area contributed by atoms with Crippen LogP contribution in [0.25, 0.3) is 0 Å². The molecule has 0 aliphatic heterocycles. The van der Waals surface area contributed by atoms with Gasteiger partial charge in [-0.15, -0.1) is 0 Å². The molecule has 3 nitrogen and oxygen atoms in total. The minimum Gasteiger partial charge on any atom is -0.383 e. The third-order valence-electron chi connectivity index (χ3n) is 3.12. The molecule has 0 spiro atoms. The normalized spacial score (nSPS) is 15.4. The number of likely N-dealkylation sites (N-methyl/N-ethyl adjacent to an activating group) is 1. The molecule has 16 heavy (non-hydrogen) atoms. The van der Waals surface area contributed by atoms with Gasteiger partial charge in [0.05, 0.1) is 6.61 Å². The molecule has 3 heteroatoms. The predicted octanol–water partition coefficient (Wildman–Crippen LogP) is 2.12. The summed E-state index contributed by atoms with van der Waals surface area (Å²) in [6, 6.07) is 1.14. The topological polar surface area (TPSA) is 24.5 Å². The number of rotatable bonds is 10. The number of methoxy groups -OCH3 is 1. The number of nitrogens with zero attached hydrogens (tertiary/aromatic N) is 1. The predicted molar refractivity (Wildman–Crippen MR) is 71.0 cm³/mol. The number of unbranched alkanes of at least 4 members (excludes halogenated alkanes) is 1. The van der Waals surface area contributed by atoms with Gasteiger partial charge in [-0.2, -0.15) is 0 Å². The number of nitrogens with one attached hydrogen (secondary N) is 1. The maximum absolute atomic E-state index is 5.25. The summed E-state index contributed by atoms with van der Waals surface area (Å²) >= 11 is 0. The molecule has 0 aliphatic carbocycles. The van der Waals surface area contributed by atoms with Crippen molar-refractivity contribution in [2.75, 3.05) is 34.4 Å². The highest BCUT2D eigenvalue weighted by Gasteiger charge is 2.12. The Morgan fingerprint density at radius 2 is 1.94 bits per heavy atom. The Kier molecular flexibility index (Phi) is 9.99. The molecule has 0 bridgehead atoms. The van der Waals surface area contributed by atoms with Crippen LogP contribution in [-0.4, -0.2) is 51.3 Å². The first kappa shape index (κ1) is 15.9. The largest absolute Gasteiger partial charge is 0.383 e. The Morgan fingerprint density at radius 3 is 2.38 bits per heavy atom. The summed E-state index contributed by atoms with van der Waals surface area (Å²) < 4.78 is 5.25. The second kappa shape index (κ2) is 10.1. The van der Waals surface area contributed by atoms with E-state index in [4.69, 9.17) is 4.74 Å². The molecule has 0 aromatic rings. The molecule has 0 rings (SSSR count). The fourth-order valence-corrected chi connectivity index (χ4v) is 1.89. The summed E-state index contributed by atoms with van der Waals surface area (Å²) in [5, 5.41) is 3.62. The van der Waals surface area contributed by atoms with Crippen molar-refractivity contribution in [2.24, 2.45) is 0 Å². The highest BCUT2D eigenvalue weighted by atomic mass is 16.5. The van der Waals surface area contributed by atoms with Gasteiger partial charge in [0.15, 0.2) is 0 Å². The minimum absolute atomic E-state index is 0.513. The molecule has 0 amide bonds. The molecule has 2 unspecified atom stereocenters. The highest BCUT2D eigenvalue weighted by molar-refractivity contribution is 4.72. The maximum Gasteiger partial charge on any atom is 0.0615 e. The van der Waals surface area contributed by atoms with Crippen LogP contribution in [0, 0.1) is 0 Å². The van der Waals surface area contributed by atoms with Gasteiger partial charge in [-0.1, -0.05) is 26.7 Å². The standard InChI is InChI=1S/C13H30N2O/c1-6-8-9-12(11-16-5)14-10-13(7-2)15(3)4/h12-14H,6-11H2,1-5H3. The van der Waals surface area contributed by atoms with Crippen molar-refractivity contribution in [3.8, 4) is 0 Å². The maximum atomic E-state index is 5.25. The van der Waals surface area contributed by atoms with Gasteiger partial charge in [0.1, 0.15) is 0 Å². The Hall–Kier alpha value is -0.120. The molecule has 0 radical (unpaired) electrons. The van der Waals surface area contributed by atoms with Crippen LogP contribution in [0.1, 0.15) is 39.5 Å². The summed E-state index contributed by atoms with van der Waals surface area (Å²) in [4.78, 5) is 2.29. The number of hydrogen-bond donors (Lipinski definition) is 1. The van der Waals surface area contributed by atoms with E-state index in [2.05, 4.69) is 38.2 Å². The van der Waals surface area contributed by atoms with E-state index in [0.717, 1.165) is 13.2 Å². The molecule has 0 fully saturated rings. The zero-order valence-electron chi connectivity index (χ0n) is 11.8. The van der Waals surface area contributed by atoms with Crippen LogP contribution < -0.4 is 5.32 Å². The second-order valence-electron chi connectivity index (χ2n) is 4.73.